The molecule has 3 rings (SSSR count). The van der Waals surface area contributed by atoms with Crippen LogP contribution in [-0.4, -0.2) is 59.1 Å². The molecule has 0 aromatic rings. The van der Waals surface area contributed by atoms with Crippen molar-refractivity contribution in [2.75, 3.05) is 6.54 Å². The molecule has 1 saturated heterocycles. The van der Waals surface area contributed by atoms with Crippen molar-refractivity contribution in [3.63, 3.8) is 0 Å². The Balaban J connectivity index is 1.82. The number of ketones is 1. The van der Waals surface area contributed by atoms with Gasteiger partial charge >= 0.3 is 0 Å². The van der Waals surface area contributed by atoms with E-state index in [9.17, 15) is 19.2 Å². The molecule has 1 aliphatic heterocycles. The number of carbonyl (C=O) groups is 4. The van der Waals surface area contributed by atoms with Gasteiger partial charge in [-0.15, -0.1) is 0 Å². The molecule has 8 nitrogen and oxygen atoms in total. The van der Waals surface area contributed by atoms with Gasteiger partial charge in [-0.1, -0.05) is 48.0 Å². The first kappa shape index (κ1) is 25.7. The van der Waals surface area contributed by atoms with Gasteiger partial charge in [-0.25, -0.2) is 0 Å². The van der Waals surface area contributed by atoms with Crippen molar-refractivity contribution in [3.8, 4) is 0 Å². The Bertz CT molecular complexity index is 799. The summed E-state index contributed by atoms with van der Waals surface area (Å²) >= 11 is 0. The third kappa shape index (κ3) is 5.42. The molecule has 1 unspecified atom stereocenters. The van der Waals surface area contributed by atoms with Crippen molar-refractivity contribution in [1.82, 2.24) is 15.5 Å². The van der Waals surface area contributed by atoms with Crippen LogP contribution in [0.5, 0.6) is 0 Å². The maximum absolute atomic E-state index is 13.6. The fourth-order valence-corrected chi connectivity index (χ4v) is 5.39. The highest BCUT2D eigenvalue weighted by molar-refractivity contribution is 6.38. The summed E-state index contributed by atoms with van der Waals surface area (Å²) in [5.74, 6) is -1.59. The van der Waals surface area contributed by atoms with Gasteiger partial charge in [-0.3, -0.25) is 19.2 Å². The maximum atomic E-state index is 13.6. The van der Waals surface area contributed by atoms with Gasteiger partial charge in [0.25, 0.3) is 5.91 Å². The topological polar surface area (TPSA) is 122 Å². The highest BCUT2D eigenvalue weighted by Gasteiger charge is 2.56. The van der Waals surface area contributed by atoms with Crippen LogP contribution in [0.1, 0.15) is 80.1 Å². The van der Waals surface area contributed by atoms with Crippen LogP contribution in [0, 0.1) is 22.7 Å². The first-order chi connectivity index (χ1) is 15.3. The second kappa shape index (κ2) is 9.35. The number of nitrogens with one attached hydrogen (secondary N) is 2. The number of fused-ring (bicyclic) bond motifs is 1. The highest BCUT2D eigenvalue weighted by Crippen LogP contribution is 2.53. The number of hydrogen-bond acceptors (Lipinski definition) is 5. The third-order valence-electron chi connectivity index (χ3n) is 7.87. The Labute approximate surface area is 197 Å². The molecule has 2 saturated carbocycles. The van der Waals surface area contributed by atoms with Gasteiger partial charge in [0.05, 0.1) is 12.1 Å². The number of carbonyl (C=O) groups excluding carboxylic acids is 4. The van der Waals surface area contributed by atoms with Crippen LogP contribution in [0.25, 0.3) is 0 Å². The van der Waals surface area contributed by atoms with Gasteiger partial charge in [0.1, 0.15) is 6.04 Å². The summed E-state index contributed by atoms with van der Waals surface area (Å²) < 4.78 is 0. The predicted octanol–water partition coefficient (Wildman–Crippen LogP) is 1.76. The lowest BCUT2D eigenvalue weighted by Gasteiger charge is -2.34. The number of hydrogen-bond donors (Lipinski definition) is 3. The molecule has 4 N–H and O–H groups in total. The van der Waals surface area contributed by atoms with Crippen LogP contribution in [0.2, 0.25) is 0 Å². The Morgan fingerprint density at radius 1 is 1.12 bits per heavy atom. The monoisotopic (exact) mass is 462 g/mol. The molecular weight excluding hydrogens is 420 g/mol. The van der Waals surface area contributed by atoms with E-state index >= 15 is 0 Å². The van der Waals surface area contributed by atoms with Gasteiger partial charge < -0.3 is 21.3 Å². The number of Topliss-reactive ketones (excluding diaryl/α,β-unsaturated/α-hetero) is 1. The van der Waals surface area contributed by atoms with Crippen LogP contribution in [-0.2, 0) is 19.2 Å². The molecule has 3 amide bonds. The number of rotatable bonds is 8. The maximum Gasteiger partial charge on any atom is 0.289 e. The number of nitrogens with two attached hydrogens (primary N) is 1. The van der Waals surface area contributed by atoms with E-state index in [0.717, 1.165) is 25.7 Å². The van der Waals surface area contributed by atoms with E-state index in [0.29, 0.717) is 19.4 Å². The molecule has 0 spiro atoms. The second-order valence-corrected chi connectivity index (χ2v) is 12.0. The number of likely N-dealkylation sites (tertiary alicyclic amines) is 1. The summed E-state index contributed by atoms with van der Waals surface area (Å²) in [5.41, 5.74) is 5.90. The smallest absolute Gasteiger partial charge is 0.289 e. The molecule has 0 aromatic heterocycles. The molecule has 186 valence electrons. The van der Waals surface area contributed by atoms with Crippen molar-refractivity contribution in [2.24, 2.45) is 28.4 Å². The molecule has 3 aliphatic rings. The SMILES string of the molecule is CCCC(NC(=O)[C@@H]1[C@H]2CCC(C)(C)[C@H]2CN1C(=O)[C@@H](N)C(C)(C)C)C(=O)C(=O)NC1CC1. The van der Waals surface area contributed by atoms with Crippen LogP contribution in [0.4, 0.5) is 0 Å². The molecule has 0 bridgehead atoms. The zero-order valence-corrected chi connectivity index (χ0v) is 21.1. The highest BCUT2D eigenvalue weighted by atomic mass is 16.2. The van der Waals surface area contributed by atoms with Gasteiger partial charge in [-0.05, 0) is 54.8 Å². The largest absolute Gasteiger partial charge is 0.347 e. The summed E-state index contributed by atoms with van der Waals surface area (Å²) in [7, 11) is 0. The molecule has 5 atom stereocenters. The van der Waals surface area contributed by atoms with Crippen LogP contribution in [0.3, 0.4) is 0 Å². The summed E-state index contributed by atoms with van der Waals surface area (Å²) in [6.07, 6.45) is 4.63. The quantitative estimate of drug-likeness (QED) is 0.475. The van der Waals surface area contributed by atoms with E-state index < -0.39 is 35.2 Å². The summed E-state index contributed by atoms with van der Waals surface area (Å²) in [6.45, 7) is 12.5. The van der Waals surface area contributed by atoms with E-state index in [1.807, 2.05) is 27.7 Å². The van der Waals surface area contributed by atoms with E-state index in [-0.39, 0.29) is 35.1 Å². The first-order valence-corrected chi connectivity index (χ1v) is 12.5. The Morgan fingerprint density at radius 2 is 1.76 bits per heavy atom. The Morgan fingerprint density at radius 3 is 2.30 bits per heavy atom. The van der Waals surface area contributed by atoms with Crippen molar-refractivity contribution in [1.29, 1.82) is 0 Å². The summed E-state index contributed by atoms with van der Waals surface area (Å²) in [6, 6.07) is -2.21. The third-order valence-corrected chi connectivity index (χ3v) is 7.87. The molecule has 8 heteroatoms. The number of nitrogens with zero attached hydrogens (tertiary/aromatic N) is 1. The van der Waals surface area contributed by atoms with E-state index in [1.54, 1.807) is 4.90 Å². The average Bonchev–Trinajstić information content (AvgIpc) is 3.37. The van der Waals surface area contributed by atoms with Crippen LogP contribution < -0.4 is 16.4 Å². The van der Waals surface area contributed by atoms with Crippen molar-refractivity contribution in [3.05, 3.63) is 0 Å². The predicted molar refractivity (Wildman–Crippen MR) is 126 cm³/mol. The number of amides is 3. The molecule has 1 heterocycles. The minimum atomic E-state index is -0.886. The van der Waals surface area contributed by atoms with Gasteiger partial charge in [-0.2, -0.15) is 0 Å². The van der Waals surface area contributed by atoms with Crippen LogP contribution >= 0.6 is 0 Å². The van der Waals surface area contributed by atoms with Crippen molar-refractivity contribution >= 4 is 23.5 Å². The average molecular weight is 463 g/mol. The van der Waals surface area contributed by atoms with Gasteiger partial charge in [0.15, 0.2) is 0 Å². The normalized spacial score (nSPS) is 28.1. The van der Waals surface area contributed by atoms with E-state index in [1.165, 1.54) is 0 Å². The molecule has 2 aliphatic carbocycles. The van der Waals surface area contributed by atoms with E-state index in [4.69, 9.17) is 5.73 Å². The summed E-state index contributed by atoms with van der Waals surface area (Å²) in [4.78, 5) is 53.8. The van der Waals surface area contributed by atoms with Crippen molar-refractivity contribution in [2.45, 2.75) is 104 Å². The van der Waals surface area contributed by atoms with Crippen LogP contribution in [0.15, 0.2) is 0 Å². The van der Waals surface area contributed by atoms with Gasteiger partial charge in [0, 0.05) is 12.6 Å². The van der Waals surface area contributed by atoms with E-state index in [2.05, 4.69) is 24.5 Å². The lowest BCUT2D eigenvalue weighted by atomic mass is 9.79. The fraction of sp³-hybridized carbons (Fsp3) is 0.840. The zero-order valence-electron chi connectivity index (χ0n) is 21.1. The standard InChI is InChI=1S/C25H42N4O4/c1-7-8-17(19(30)22(32)27-14-9-10-14)28-21(31)18-15-11-12-25(5,6)16(15)13-29(18)23(33)20(26)24(2,3)4/h14-18,20H,7-13,26H2,1-6H3,(H,27,32)(H,28,31)/t15-,16-,17?,18-,20+/m0/s1. The molecular formula is C25H42N4O4. The lowest BCUT2D eigenvalue weighted by Crippen LogP contribution is -2.58. The summed E-state index contributed by atoms with van der Waals surface area (Å²) in [5, 5.41) is 5.57. The minimum absolute atomic E-state index is 0.0207. The lowest BCUT2D eigenvalue weighted by molar-refractivity contribution is -0.144. The Hall–Kier alpha value is -1.96. The molecule has 0 aromatic carbocycles. The first-order valence-electron chi connectivity index (χ1n) is 12.5. The zero-order chi connectivity index (χ0) is 24.7. The fourth-order valence-electron chi connectivity index (χ4n) is 5.39. The Kier molecular flexibility index (Phi) is 7.27. The minimum Gasteiger partial charge on any atom is -0.347 e. The molecule has 33 heavy (non-hydrogen) atoms. The van der Waals surface area contributed by atoms with Crippen molar-refractivity contribution < 1.29 is 19.2 Å². The molecule has 0 radical (unpaired) electrons. The van der Waals surface area contributed by atoms with Gasteiger partial charge in [0.2, 0.25) is 17.6 Å². The second-order valence-electron chi connectivity index (χ2n) is 12.0. The molecule has 3 fully saturated rings.